The van der Waals surface area contributed by atoms with E-state index in [1.54, 1.807) is 0 Å². The Kier molecular flexibility index (Phi) is 5.64. The van der Waals surface area contributed by atoms with Gasteiger partial charge in [-0.1, -0.05) is 74.0 Å². The van der Waals surface area contributed by atoms with Gasteiger partial charge in [-0.3, -0.25) is 0 Å². The van der Waals surface area contributed by atoms with E-state index in [4.69, 9.17) is 11.5 Å². The first-order valence-electron chi connectivity index (χ1n) is 8.13. The topological polar surface area (TPSA) is 52.0 Å². The number of aryl methyl sites for hydroxylation is 1. The van der Waals surface area contributed by atoms with Crippen LogP contribution in [-0.4, -0.2) is 0 Å². The summed E-state index contributed by atoms with van der Waals surface area (Å²) < 4.78 is 0. The molecule has 0 fully saturated rings. The lowest BCUT2D eigenvalue weighted by Crippen LogP contribution is -2.19. The maximum atomic E-state index is 5.84. The Bertz CT molecular complexity index is 729. The summed E-state index contributed by atoms with van der Waals surface area (Å²) >= 11 is 0. The highest BCUT2D eigenvalue weighted by Gasteiger charge is 2.23. The van der Waals surface area contributed by atoms with Gasteiger partial charge in [-0.2, -0.15) is 0 Å². The summed E-state index contributed by atoms with van der Waals surface area (Å²) in [5.41, 5.74) is 16.9. The van der Waals surface area contributed by atoms with Gasteiger partial charge in [0.1, 0.15) is 0 Å². The van der Waals surface area contributed by atoms with Crippen LogP contribution in [0.3, 0.4) is 0 Å². The monoisotopic (exact) mass is 318 g/mol. The first-order chi connectivity index (χ1) is 11.4. The van der Waals surface area contributed by atoms with Crippen molar-refractivity contribution in [3.05, 3.63) is 95.6 Å². The van der Waals surface area contributed by atoms with Crippen molar-refractivity contribution < 1.29 is 0 Å². The third-order valence-electron chi connectivity index (χ3n) is 4.16. The molecule has 0 saturated carbocycles. The highest BCUT2D eigenvalue weighted by molar-refractivity contribution is 5.50. The molecule has 0 aromatic heterocycles. The molecule has 0 aliphatic heterocycles. The van der Waals surface area contributed by atoms with Crippen LogP contribution in [0.15, 0.2) is 78.9 Å². The molecule has 124 valence electrons. The van der Waals surface area contributed by atoms with Gasteiger partial charge in [-0.15, -0.1) is 0 Å². The molecule has 24 heavy (non-hydrogen) atoms. The second-order valence-corrected chi connectivity index (χ2v) is 6.53. The van der Waals surface area contributed by atoms with E-state index in [1.807, 2.05) is 54.6 Å². The molecule has 0 heterocycles. The van der Waals surface area contributed by atoms with Gasteiger partial charge in [0.2, 0.25) is 0 Å². The lowest BCUT2D eigenvalue weighted by atomic mass is 9.78. The summed E-state index contributed by atoms with van der Waals surface area (Å²) in [6.07, 6.45) is 0. The molecule has 2 heteroatoms. The third-order valence-corrected chi connectivity index (χ3v) is 4.16. The van der Waals surface area contributed by atoms with Crippen molar-refractivity contribution in [3.63, 3.8) is 0 Å². The minimum atomic E-state index is -0.0925. The summed E-state index contributed by atoms with van der Waals surface area (Å²) in [4.78, 5) is 0. The average Bonchev–Trinajstić information content (AvgIpc) is 2.56. The predicted octanol–water partition coefficient (Wildman–Crippen LogP) is 5.17. The van der Waals surface area contributed by atoms with Gasteiger partial charge in [0.25, 0.3) is 0 Å². The fraction of sp³-hybridized carbons (Fsp3) is 0.182. The maximum absolute atomic E-state index is 5.84. The van der Waals surface area contributed by atoms with Crippen LogP contribution < -0.4 is 11.5 Å². The normalized spacial score (nSPS) is 10.6. The number of anilines is 2. The van der Waals surface area contributed by atoms with Gasteiger partial charge in [-0.05, 0) is 42.3 Å². The second kappa shape index (κ2) is 7.69. The summed E-state index contributed by atoms with van der Waals surface area (Å²) in [5.74, 6) is 0. The molecule has 3 aromatic carbocycles. The van der Waals surface area contributed by atoms with Gasteiger partial charge in [-0.25, -0.2) is 0 Å². The first-order valence-corrected chi connectivity index (χ1v) is 8.13. The summed E-state index contributed by atoms with van der Waals surface area (Å²) in [6, 6.07) is 26.3. The number of benzene rings is 3. The lowest BCUT2D eigenvalue weighted by molar-refractivity contribution is 0.641. The van der Waals surface area contributed by atoms with Crippen LogP contribution in [0.25, 0.3) is 0 Å². The van der Waals surface area contributed by atoms with Crippen LogP contribution >= 0.6 is 0 Å². The molecule has 0 atom stereocenters. The molecule has 0 unspecified atom stereocenters. The number of hydrogen-bond donors (Lipinski definition) is 2. The second-order valence-electron chi connectivity index (χ2n) is 6.53. The van der Waals surface area contributed by atoms with Crippen molar-refractivity contribution in [1.82, 2.24) is 0 Å². The Balaban J connectivity index is 0.000000249. The summed E-state index contributed by atoms with van der Waals surface area (Å²) in [5, 5.41) is 0. The molecule has 3 rings (SSSR count). The Labute approximate surface area is 145 Å². The predicted molar refractivity (Wildman–Crippen MR) is 105 cm³/mol. The van der Waals surface area contributed by atoms with Crippen molar-refractivity contribution in [3.8, 4) is 0 Å². The number of hydrogen-bond acceptors (Lipinski definition) is 2. The first kappa shape index (κ1) is 17.6. The van der Waals surface area contributed by atoms with E-state index in [0.717, 1.165) is 11.4 Å². The zero-order valence-electron chi connectivity index (χ0n) is 14.7. The van der Waals surface area contributed by atoms with Crippen molar-refractivity contribution in [2.24, 2.45) is 0 Å². The van der Waals surface area contributed by atoms with Gasteiger partial charge in [0.15, 0.2) is 0 Å². The Morgan fingerprint density at radius 3 is 1.42 bits per heavy atom. The van der Waals surface area contributed by atoms with Gasteiger partial charge in [0.05, 0.1) is 0 Å². The highest BCUT2D eigenvalue weighted by Crippen LogP contribution is 2.32. The van der Waals surface area contributed by atoms with Gasteiger partial charge >= 0.3 is 0 Å². The molecule has 0 amide bonds. The Morgan fingerprint density at radius 1 is 0.625 bits per heavy atom. The number of nitrogens with two attached hydrogens (primary N) is 2. The van der Waals surface area contributed by atoms with Crippen molar-refractivity contribution >= 4 is 11.4 Å². The molecule has 3 aromatic rings. The van der Waals surface area contributed by atoms with E-state index in [0.29, 0.717) is 0 Å². The Morgan fingerprint density at radius 2 is 1.08 bits per heavy atom. The molecule has 0 bridgehead atoms. The minimum absolute atomic E-state index is 0.0925. The quantitative estimate of drug-likeness (QED) is 0.640. The zero-order valence-corrected chi connectivity index (χ0v) is 14.7. The lowest BCUT2D eigenvalue weighted by Gasteiger charge is -2.26. The molecule has 4 N–H and O–H groups in total. The molecular weight excluding hydrogens is 292 g/mol. The fourth-order valence-corrected chi connectivity index (χ4v) is 2.56. The molecule has 2 nitrogen and oxygen atoms in total. The summed E-state index contributed by atoms with van der Waals surface area (Å²) in [7, 11) is 0. The fourth-order valence-electron chi connectivity index (χ4n) is 2.56. The average molecular weight is 318 g/mol. The van der Waals surface area contributed by atoms with Crippen molar-refractivity contribution in [2.45, 2.75) is 26.2 Å². The SMILES string of the molecule is CC(C)(c1cccc(N)c1)c1cccc(N)c1.Cc1ccccc1. The van der Waals surface area contributed by atoms with Crippen LogP contribution in [0, 0.1) is 6.92 Å². The zero-order chi connectivity index (χ0) is 17.6. The minimum Gasteiger partial charge on any atom is -0.399 e. The van der Waals surface area contributed by atoms with Crippen LogP contribution in [0.5, 0.6) is 0 Å². The smallest absolute Gasteiger partial charge is 0.0317 e. The van der Waals surface area contributed by atoms with E-state index in [2.05, 4.69) is 45.0 Å². The van der Waals surface area contributed by atoms with Gasteiger partial charge in [0, 0.05) is 16.8 Å². The standard InChI is InChI=1S/C15H18N2.C7H8/c1-15(2,11-5-3-7-13(16)9-11)12-6-4-8-14(17)10-12;1-7-5-3-2-4-6-7/h3-10H,16-17H2,1-2H3;2-6H,1H3. The van der Waals surface area contributed by atoms with E-state index < -0.39 is 0 Å². The molecule has 0 saturated heterocycles. The largest absolute Gasteiger partial charge is 0.399 e. The molecule has 0 aliphatic carbocycles. The summed E-state index contributed by atoms with van der Waals surface area (Å²) in [6.45, 7) is 6.44. The van der Waals surface area contributed by atoms with Crippen LogP contribution in [0.2, 0.25) is 0 Å². The molecular formula is C22H26N2. The van der Waals surface area contributed by atoms with Crippen LogP contribution in [0.4, 0.5) is 11.4 Å². The van der Waals surface area contributed by atoms with E-state index in [9.17, 15) is 0 Å². The molecule has 0 aliphatic rings. The third kappa shape index (κ3) is 4.63. The van der Waals surface area contributed by atoms with E-state index >= 15 is 0 Å². The van der Waals surface area contributed by atoms with E-state index in [-0.39, 0.29) is 5.41 Å². The molecule has 0 radical (unpaired) electrons. The highest BCUT2D eigenvalue weighted by atomic mass is 14.6. The number of nitrogen functional groups attached to an aromatic ring is 2. The van der Waals surface area contributed by atoms with Crippen LogP contribution in [0.1, 0.15) is 30.5 Å². The number of rotatable bonds is 2. The Hall–Kier alpha value is -2.74. The van der Waals surface area contributed by atoms with Crippen molar-refractivity contribution in [2.75, 3.05) is 11.5 Å². The maximum Gasteiger partial charge on any atom is 0.0317 e. The van der Waals surface area contributed by atoms with E-state index in [1.165, 1.54) is 16.7 Å². The van der Waals surface area contributed by atoms with Crippen LogP contribution in [-0.2, 0) is 5.41 Å². The molecule has 0 spiro atoms. The van der Waals surface area contributed by atoms with Gasteiger partial charge < -0.3 is 11.5 Å². The van der Waals surface area contributed by atoms with Crippen molar-refractivity contribution in [1.29, 1.82) is 0 Å².